The number of aliphatic hydroxyl groups is 1. The summed E-state index contributed by atoms with van der Waals surface area (Å²) in [5.41, 5.74) is 8.31. The molecule has 2 amide bonds. The summed E-state index contributed by atoms with van der Waals surface area (Å²) in [6, 6.07) is 7.30. The molecule has 0 atom stereocenters. The zero-order chi connectivity index (χ0) is 28.6. The molecular weight excluding hydrogens is 540 g/mol. The summed E-state index contributed by atoms with van der Waals surface area (Å²) in [7, 11) is 9.20. The van der Waals surface area contributed by atoms with Crippen LogP contribution in [0.4, 0.5) is 17.3 Å². The average Bonchev–Trinajstić information content (AvgIpc) is 3.14. The SMILES string of the molecule is CN(CCO)CC(=O)Nc1cccc(-c2nc(N(C)C)nc3sc(C(=O)NC(C)(C)C)c(N)c23)c1.CNC.Cl. The van der Waals surface area contributed by atoms with Crippen LogP contribution in [0.15, 0.2) is 24.3 Å². The number of nitrogens with one attached hydrogen (secondary N) is 3. The molecule has 0 spiro atoms. The molecule has 0 saturated heterocycles. The maximum atomic E-state index is 12.9. The number of carbonyl (C=O) groups is 2. The van der Waals surface area contributed by atoms with E-state index in [4.69, 9.17) is 15.8 Å². The van der Waals surface area contributed by atoms with Crippen molar-refractivity contribution < 1.29 is 14.7 Å². The summed E-state index contributed by atoms with van der Waals surface area (Å²) < 4.78 is 0. The summed E-state index contributed by atoms with van der Waals surface area (Å²) in [6.45, 7) is 6.26. The Balaban J connectivity index is 0.00000181. The Labute approximate surface area is 240 Å². The second-order valence-corrected chi connectivity index (χ2v) is 11.1. The highest BCUT2D eigenvalue weighted by atomic mass is 35.5. The van der Waals surface area contributed by atoms with Crippen molar-refractivity contribution in [3.05, 3.63) is 29.1 Å². The van der Waals surface area contributed by atoms with E-state index in [-0.39, 0.29) is 37.4 Å². The summed E-state index contributed by atoms with van der Waals surface area (Å²) in [5, 5.41) is 18.2. The van der Waals surface area contributed by atoms with E-state index in [1.54, 1.807) is 22.9 Å². The van der Waals surface area contributed by atoms with Gasteiger partial charge in [-0.1, -0.05) is 12.1 Å². The first-order valence-electron chi connectivity index (χ1n) is 12.2. The zero-order valence-corrected chi connectivity index (χ0v) is 25.5. The number of aliphatic hydroxyl groups excluding tert-OH is 1. The molecule has 0 aliphatic carbocycles. The monoisotopic (exact) mass is 580 g/mol. The number of fused-ring (bicyclic) bond motifs is 1. The lowest BCUT2D eigenvalue weighted by Gasteiger charge is -2.20. The van der Waals surface area contributed by atoms with Gasteiger partial charge in [0.1, 0.15) is 9.71 Å². The lowest BCUT2D eigenvalue weighted by Crippen LogP contribution is -2.40. The van der Waals surface area contributed by atoms with E-state index in [0.717, 1.165) is 5.56 Å². The number of nitrogens with two attached hydrogens (primary N) is 1. The van der Waals surface area contributed by atoms with E-state index in [1.165, 1.54) is 11.3 Å². The number of benzene rings is 1. The van der Waals surface area contributed by atoms with Crippen LogP contribution in [0, 0.1) is 0 Å². The smallest absolute Gasteiger partial charge is 0.263 e. The van der Waals surface area contributed by atoms with Crippen molar-refractivity contribution in [2.24, 2.45) is 0 Å². The molecule has 216 valence electrons. The highest BCUT2D eigenvalue weighted by Crippen LogP contribution is 2.40. The second-order valence-electron chi connectivity index (χ2n) is 10.1. The van der Waals surface area contributed by atoms with Gasteiger partial charge in [0.2, 0.25) is 11.9 Å². The van der Waals surface area contributed by atoms with Gasteiger partial charge in [-0.15, -0.1) is 23.7 Å². The number of hydrogen-bond donors (Lipinski definition) is 5. The van der Waals surface area contributed by atoms with E-state index in [1.807, 2.05) is 67.2 Å². The van der Waals surface area contributed by atoms with Gasteiger partial charge in [0.15, 0.2) is 0 Å². The molecule has 2 heterocycles. The van der Waals surface area contributed by atoms with Crippen molar-refractivity contribution in [3.63, 3.8) is 0 Å². The van der Waals surface area contributed by atoms with E-state index < -0.39 is 5.54 Å². The first-order valence-corrected chi connectivity index (χ1v) is 13.0. The van der Waals surface area contributed by atoms with Gasteiger partial charge in [-0.3, -0.25) is 14.5 Å². The Morgan fingerprint density at radius 2 is 1.77 bits per heavy atom. The molecule has 3 rings (SSSR count). The minimum atomic E-state index is -0.416. The molecule has 2 aromatic heterocycles. The lowest BCUT2D eigenvalue weighted by molar-refractivity contribution is -0.117. The molecule has 1 aromatic carbocycles. The molecule has 6 N–H and O–H groups in total. The van der Waals surface area contributed by atoms with E-state index >= 15 is 0 Å². The van der Waals surface area contributed by atoms with Gasteiger partial charge < -0.3 is 31.7 Å². The Hall–Kier alpha value is -3.03. The molecule has 0 aliphatic rings. The first kappa shape index (κ1) is 34.0. The molecule has 0 saturated carbocycles. The molecule has 0 radical (unpaired) electrons. The van der Waals surface area contributed by atoms with Gasteiger partial charge in [0.25, 0.3) is 5.91 Å². The third-order valence-electron chi connectivity index (χ3n) is 4.99. The fraction of sp³-hybridized carbons (Fsp3) is 0.462. The van der Waals surface area contributed by atoms with Crippen LogP contribution in [0.2, 0.25) is 0 Å². The standard InChI is InChI=1S/C24H33N7O3S.C2H7N.ClH/c1-24(2,3)29-21(34)20-18(25)17-19(27-23(30(4)5)28-22(17)35-20)14-8-7-9-15(12-14)26-16(33)13-31(6)10-11-32;1-3-2;/h7-9,12,32H,10-11,13,25H2,1-6H3,(H,26,33)(H,29,34);3H,1-2H3;1H. The van der Waals surface area contributed by atoms with Gasteiger partial charge in [-0.25, -0.2) is 9.97 Å². The molecule has 3 aromatic rings. The normalized spacial score (nSPS) is 10.9. The summed E-state index contributed by atoms with van der Waals surface area (Å²) in [6.07, 6.45) is 0. The van der Waals surface area contributed by atoms with Crippen LogP contribution in [0.1, 0.15) is 30.4 Å². The van der Waals surface area contributed by atoms with Crippen LogP contribution >= 0.6 is 23.7 Å². The Kier molecular flexibility index (Phi) is 13.0. The van der Waals surface area contributed by atoms with Gasteiger partial charge in [-0.05, 0) is 54.0 Å². The number of nitrogens with zero attached hydrogens (tertiary/aromatic N) is 4. The summed E-state index contributed by atoms with van der Waals surface area (Å²) in [5.74, 6) is 0.0241. The third kappa shape index (κ3) is 9.59. The Morgan fingerprint density at radius 3 is 2.33 bits per heavy atom. The van der Waals surface area contributed by atoms with Crippen molar-refractivity contribution in [2.45, 2.75) is 26.3 Å². The number of nitrogen functional groups attached to an aromatic ring is 1. The number of hydrogen-bond acceptors (Lipinski definition) is 10. The van der Waals surface area contributed by atoms with Crippen molar-refractivity contribution in [3.8, 4) is 11.3 Å². The van der Waals surface area contributed by atoms with E-state index in [9.17, 15) is 9.59 Å². The number of aromatic nitrogens is 2. The predicted octanol–water partition coefficient (Wildman–Crippen LogP) is 2.65. The number of anilines is 3. The molecular formula is C26H41ClN8O3S. The maximum Gasteiger partial charge on any atom is 0.263 e. The van der Waals surface area contributed by atoms with Crippen LogP contribution in [0.3, 0.4) is 0 Å². The maximum absolute atomic E-state index is 12.9. The highest BCUT2D eigenvalue weighted by Gasteiger charge is 2.25. The van der Waals surface area contributed by atoms with Crippen LogP contribution in [0.5, 0.6) is 0 Å². The number of likely N-dealkylation sites (N-methyl/N-ethyl adjacent to an activating group) is 1. The van der Waals surface area contributed by atoms with Crippen molar-refractivity contribution in [2.75, 3.05) is 70.9 Å². The largest absolute Gasteiger partial charge is 0.397 e. The molecule has 13 heteroatoms. The second kappa shape index (κ2) is 14.9. The van der Waals surface area contributed by atoms with Gasteiger partial charge in [0, 0.05) is 37.4 Å². The number of thiophene rings is 1. The molecule has 0 aliphatic heterocycles. The van der Waals surface area contributed by atoms with Crippen LogP contribution in [-0.4, -0.2) is 92.3 Å². The molecule has 0 unspecified atom stereocenters. The highest BCUT2D eigenvalue weighted by molar-refractivity contribution is 7.21. The van der Waals surface area contributed by atoms with Crippen LogP contribution in [-0.2, 0) is 4.79 Å². The molecule has 0 fully saturated rings. The number of halogens is 1. The molecule has 0 bridgehead atoms. The van der Waals surface area contributed by atoms with Crippen LogP contribution in [0.25, 0.3) is 21.5 Å². The van der Waals surface area contributed by atoms with Crippen molar-refractivity contribution in [1.29, 1.82) is 0 Å². The Bertz CT molecular complexity index is 1260. The summed E-state index contributed by atoms with van der Waals surface area (Å²) >= 11 is 1.23. The third-order valence-corrected chi connectivity index (χ3v) is 6.08. The Morgan fingerprint density at radius 1 is 1.13 bits per heavy atom. The fourth-order valence-electron chi connectivity index (χ4n) is 3.43. The average molecular weight is 581 g/mol. The van der Waals surface area contributed by atoms with Crippen molar-refractivity contribution in [1.82, 2.24) is 25.5 Å². The minimum Gasteiger partial charge on any atom is -0.397 e. The van der Waals surface area contributed by atoms with Crippen LogP contribution < -0.4 is 26.6 Å². The van der Waals surface area contributed by atoms with E-state index in [2.05, 4.69) is 20.9 Å². The van der Waals surface area contributed by atoms with Gasteiger partial charge >= 0.3 is 0 Å². The van der Waals surface area contributed by atoms with Gasteiger partial charge in [0.05, 0.1) is 29.9 Å². The number of carbonyl (C=O) groups excluding carboxylic acids is 2. The minimum absolute atomic E-state index is 0. The first-order chi connectivity index (χ1) is 17.8. The van der Waals surface area contributed by atoms with Gasteiger partial charge in [-0.2, -0.15) is 0 Å². The number of amides is 2. The quantitative estimate of drug-likeness (QED) is 0.271. The number of rotatable bonds is 8. The molecule has 11 nitrogen and oxygen atoms in total. The fourth-order valence-corrected chi connectivity index (χ4v) is 4.41. The molecule has 39 heavy (non-hydrogen) atoms. The topological polar surface area (TPSA) is 149 Å². The predicted molar refractivity (Wildman–Crippen MR) is 164 cm³/mol. The van der Waals surface area contributed by atoms with E-state index in [0.29, 0.717) is 44.7 Å². The lowest BCUT2D eigenvalue weighted by atomic mass is 10.1. The summed E-state index contributed by atoms with van der Waals surface area (Å²) in [4.78, 5) is 39.2. The zero-order valence-electron chi connectivity index (χ0n) is 23.9. The van der Waals surface area contributed by atoms with Crippen molar-refractivity contribution >= 4 is 63.1 Å².